The Labute approximate surface area is 243 Å². The van der Waals surface area contributed by atoms with Crippen molar-refractivity contribution in [2.24, 2.45) is 11.6 Å². The van der Waals surface area contributed by atoms with Crippen molar-refractivity contribution in [3.63, 3.8) is 0 Å². The van der Waals surface area contributed by atoms with E-state index in [0.29, 0.717) is 47.5 Å². The molecule has 42 heavy (non-hydrogen) atoms. The number of aryl methyl sites for hydroxylation is 1. The van der Waals surface area contributed by atoms with Crippen LogP contribution in [0.15, 0.2) is 61.1 Å². The van der Waals surface area contributed by atoms with Gasteiger partial charge in [0, 0.05) is 54.0 Å². The van der Waals surface area contributed by atoms with Crippen LogP contribution in [0.25, 0.3) is 5.70 Å². The molecule has 1 aliphatic heterocycles. The highest BCUT2D eigenvalue weighted by atomic mass is 19.4. The van der Waals surface area contributed by atoms with Crippen LogP contribution in [0.4, 0.5) is 30.2 Å². The lowest BCUT2D eigenvalue weighted by molar-refractivity contribution is -0.137. The fourth-order valence-corrected chi connectivity index (χ4v) is 4.88. The predicted molar refractivity (Wildman–Crippen MR) is 159 cm³/mol. The molecule has 1 saturated heterocycles. The molecule has 1 aromatic heterocycles. The second-order valence-corrected chi connectivity index (χ2v) is 10.5. The number of aromatic nitrogens is 1. The number of halogens is 3. The number of hydrogen-bond donors (Lipinski definition) is 3. The van der Waals surface area contributed by atoms with Gasteiger partial charge < -0.3 is 25.6 Å². The number of amides is 1. The topological polar surface area (TPSA) is 113 Å². The van der Waals surface area contributed by atoms with E-state index in [4.69, 9.17) is 16.3 Å². The molecule has 0 saturated carbocycles. The van der Waals surface area contributed by atoms with E-state index in [1.165, 1.54) is 18.3 Å². The highest BCUT2D eigenvalue weighted by Gasteiger charge is 2.32. The summed E-state index contributed by atoms with van der Waals surface area (Å²) in [5.41, 5.74) is 8.22. The number of carbonyl (C=O) groups excluding carboxylic acids is 1. The molecule has 0 aliphatic carbocycles. The molecule has 2 aromatic carbocycles. The average Bonchev–Trinajstić information content (AvgIpc) is 2.96. The summed E-state index contributed by atoms with van der Waals surface area (Å²) in [7, 11) is 5.52. The molecule has 1 aliphatic rings. The van der Waals surface area contributed by atoms with Crippen molar-refractivity contribution in [3.8, 4) is 5.75 Å². The maximum atomic E-state index is 13.8. The van der Waals surface area contributed by atoms with Crippen LogP contribution >= 0.6 is 0 Å². The van der Waals surface area contributed by atoms with Crippen LogP contribution < -0.4 is 31.5 Å². The largest absolute Gasteiger partial charge is 0.495 e. The number of hydrogen-bond acceptors (Lipinski definition) is 8. The molecule has 0 radical (unpaired) electrons. The average molecular weight is 584 g/mol. The molecule has 0 atom stereocenters. The number of carbonyl (C=O) groups is 1. The monoisotopic (exact) mass is 583 g/mol. The van der Waals surface area contributed by atoms with Crippen molar-refractivity contribution in [1.29, 1.82) is 0 Å². The second kappa shape index (κ2) is 12.7. The number of hydrazine groups is 1. The number of rotatable bonds is 8. The molecule has 2 heterocycles. The molecule has 1 amide bonds. The molecular weight excluding hydrogens is 547 g/mol. The van der Waals surface area contributed by atoms with Gasteiger partial charge in [-0.2, -0.15) is 13.2 Å². The Hall–Kier alpha value is -4.29. The van der Waals surface area contributed by atoms with Gasteiger partial charge in [0.15, 0.2) is 0 Å². The van der Waals surface area contributed by atoms with E-state index in [0.717, 1.165) is 30.5 Å². The number of piperidine rings is 1. The smallest absolute Gasteiger partial charge is 0.416 e. The molecule has 0 spiro atoms. The lowest BCUT2D eigenvalue weighted by atomic mass is 10.0. The van der Waals surface area contributed by atoms with Crippen LogP contribution in [0.3, 0.4) is 0 Å². The Balaban J connectivity index is 1.57. The molecule has 9 nitrogen and oxygen atoms in total. The summed E-state index contributed by atoms with van der Waals surface area (Å²) in [4.78, 5) is 21.4. The number of pyridine rings is 1. The van der Waals surface area contributed by atoms with Gasteiger partial charge in [-0.3, -0.25) is 14.8 Å². The van der Waals surface area contributed by atoms with Crippen LogP contribution in [-0.4, -0.2) is 56.1 Å². The lowest BCUT2D eigenvalue weighted by Gasteiger charge is -2.36. The van der Waals surface area contributed by atoms with Gasteiger partial charge in [0.25, 0.3) is 5.91 Å². The molecule has 5 N–H and O–H groups in total. The first-order valence-electron chi connectivity index (χ1n) is 13.4. The van der Waals surface area contributed by atoms with Gasteiger partial charge >= 0.3 is 6.18 Å². The summed E-state index contributed by atoms with van der Waals surface area (Å²) in [5, 5.41) is 3.93. The number of alkyl halides is 3. The fourth-order valence-electron chi connectivity index (χ4n) is 4.88. The predicted octanol–water partition coefficient (Wildman–Crippen LogP) is 4.84. The van der Waals surface area contributed by atoms with Gasteiger partial charge in [0.2, 0.25) is 0 Å². The molecule has 1 fully saturated rings. The first-order chi connectivity index (χ1) is 19.8. The van der Waals surface area contributed by atoms with E-state index in [1.807, 2.05) is 25.9 Å². The molecule has 0 unspecified atom stereocenters. The number of ether oxygens (including phenoxy) is 1. The van der Waals surface area contributed by atoms with Crippen molar-refractivity contribution >= 4 is 28.7 Å². The number of nitrogens with one attached hydrogen (secondary N) is 1. The third-order valence-corrected chi connectivity index (χ3v) is 7.37. The Kier molecular flexibility index (Phi) is 9.27. The van der Waals surface area contributed by atoms with Crippen molar-refractivity contribution in [2.75, 3.05) is 49.5 Å². The first kappa shape index (κ1) is 30.7. The number of methoxy groups -OCH3 is 1. The molecule has 3 aromatic rings. The number of benzene rings is 2. The summed E-state index contributed by atoms with van der Waals surface area (Å²) in [6.07, 6.45) is 1.69. The Bertz CT molecular complexity index is 1450. The van der Waals surface area contributed by atoms with Crippen molar-refractivity contribution in [1.82, 2.24) is 9.88 Å². The normalized spacial score (nSPS) is 14.7. The van der Waals surface area contributed by atoms with Gasteiger partial charge in [0.1, 0.15) is 5.75 Å². The van der Waals surface area contributed by atoms with E-state index in [2.05, 4.69) is 15.2 Å². The number of anilines is 3. The zero-order valence-corrected chi connectivity index (χ0v) is 24.1. The van der Waals surface area contributed by atoms with Gasteiger partial charge in [-0.15, -0.1) is 0 Å². The molecule has 224 valence electrons. The van der Waals surface area contributed by atoms with E-state index in [-0.39, 0.29) is 11.3 Å². The highest BCUT2D eigenvalue weighted by Crippen LogP contribution is 2.36. The van der Waals surface area contributed by atoms with E-state index < -0.39 is 17.6 Å². The van der Waals surface area contributed by atoms with E-state index in [1.54, 1.807) is 42.7 Å². The summed E-state index contributed by atoms with van der Waals surface area (Å²) in [5.74, 6) is 6.24. The minimum Gasteiger partial charge on any atom is -0.495 e. The van der Waals surface area contributed by atoms with Crippen LogP contribution in [0.1, 0.15) is 39.9 Å². The quantitative estimate of drug-likeness (QED) is 0.255. The highest BCUT2D eigenvalue weighted by molar-refractivity contribution is 6.05. The minimum atomic E-state index is -4.57. The summed E-state index contributed by atoms with van der Waals surface area (Å²) < 4.78 is 46.6. The Morgan fingerprint density at radius 2 is 1.81 bits per heavy atom. The minimum absolute atomic E-state index is 0.0564. The first-order valence-corrected chi connectivity index (χ1v) is 13.4. The van der Waals surface area contributed by atoms with E-state index >= 15 is 0 Å². The van der Waals surface area contributed by atoms with Crippen molar-refractivity contribution in [2.45, 2.75) is 32.0 Å². The number of nitrogens with two attached hydrogens (primary N) is 2. The van der Waals surface area contributed by atoms with Gasteiger partial charge in [-0.1, -0.05) is 6.07 Å². The lowest BCUT2D eigenvalue weighted by Crippen LogP contribution is -2.42. The standard InChI is InChI=1S/C30H36F3N7O2/c1-19-5-6-20(12-28(19)40(35)18-27(34)21-11-26(42-4)17-36-16-21)29(41)37-23-13-22(30(31,32)33)14-25(15-23)39-9-7-24(8-10-39)38(2)3/h5-6,11-18,24H,7-10,34-35H2,1-4H3,(H,37,41)/b27-18-. The maximum Gasteiger partial charge on any atom is 0.416 e. The third-order valence-electron chi connectivity index (χ3n) is 7.37. The van der Waals surface area contributed by atoms with Crippen LogP contribution in [0, 0.1) is 6.92 Å². The van der Waals surface area contributed by atoms with Crippen LogP contribution in [-0.2, 0) is 6.18 Å². The van der Waals surface area contributed by atoms with Crippen LogP contribution in [0.5, 0.6) is 5.75 Å². The molecular formula is C30H36F3N7O2. The van der Waals surface area contributed by atoms with Gasteiger partial charge in [-0.05, 0) is 75.8 Å². The molecule has 4 rings (SSSR count). The third kappa shape index (κ3) is 7.31. The van der Waals surface area contributed by atoms with Gasteiger partial charge in [0.05, 0.1) is 30.3 Å². The summed E-state index contributed by atoms with van der Waals surface area (Å²) in [6.45, 7) is 3.05. The SMILES string of the molecule is COc1cncc(/C(N)=C/N(N)c2cc(C(=O)Nc3cc(N4CCC(N(C)C)CC4)cc(C(F)(F)F)c3)ccc2C)c1. The maximum absolute atomic E-state index is 13.8. The van der Waals surface area contributed by atoms with Gasteiger partial charge in [-0.25, -0.2) is 5.84 Å². The second-order valence-electron chi connectivity index (χ2n) is 10.5. The summed E-state index contributed by atoms with van der Waals surface area (Å²) >= 11 is 0. The van der Waals surface area contributed by atoms with E-state index in [9.17, 15) is 18.0 Å². The molecule has 0 bridgehead atoms. The summed E-state index contributed by atoms with van der Waals surface area (Å²) in [6, 6.07) is 10.6. The van der Waals surface area contributed by atoms with Crippen molar-refractivity contribution in [3.05, 3.63) is 83.3 Å². The zero-order chi connectivity index (χ0) is 30.6. The Morgan fingerprint density at radius 3 is 2.45 bits per heavy atom. The van der Waals surface area contributed by atoms with Crippen LogP contribution in [0.2, 0.25) is 0 Å². The number of nitrogens with zero attached hydrogens (tertiary/aromatic N) is 4. The molecule has 12 heteroatoms. The van der Waals surface area contributed by atoms with Crippen molar-refractivity contribution < 1.29 is 22.7 Å². The Morgan fingerprint density at radius 1 is 1.10 bits per heavy atom. The fraction of sp³-hybridized carbons (Fsp3) is 0.333. The zero-order valence-electron chi connectivity index (χ0n) is 24.1.